The Balaban J connectivity index is 1.80. The Morgan fingerprint density at radius 1 is 1.50 bits per heavy atom. The average molecular weight is 249 g/mol. The molecule has 1 saturated heterocycles. The smallest absolute Gasteiger partial charge is 0.270 e. The zero-order valence-electron chi connectivity index (χ0n) is 10.6. The van der Waals surface area contributed by atoms with Gasteiger partial charge in [-0.3, -0.25) is 14.7 Å². The summed E-state index contributed by atoms with van der Waals surface area (Å²) in [4.78, 5) is 18.2. The standard InChI is InChI=1S/C13H19N3O2/c1-11(10-16-6-8-18-9-7-16)15-13(17)12-4-2-3-5-14-12/h2-5,11H,6-10H2,1H3,(H,15,17)/t11-/m0/s1. The van der Waals surface area contributed by atoms with Crippen LogP contribution in [0.25, 0.3) is 0 Å². The molecule has 0 bridgehead atoms. The Hall–Kier alpha value is -1.46. The Morgan fingerprint density at radius 2 is 2.28 bits per heavy atom. The van der Waals surface area contributed by atoms with E-state index in [0.29, 0.717) is 5.69 Å². The minimum atomic E-state index is -0.114. The summed E-state index contributed by atoms with van der Waals surface area (Å²) in [6.07, 6.45) is 1.63. The maximum atomic E-state index is 11.9. The zero-order chi connectivity index (χ0) is 12.8. The number of carbonyl (C=O) groups excluding carboxylic acids is 1. The van der Waals surface area contributed by atoms with E-state index in [1.807, 2.05) is 13.0 Å². The number of morpholine rings is 1. The molecule has 0 aliphatic carbocycles. The highest BCUT2D eigenvalue weighted by atomic mass is 16.5. The second kappa shape index (κ2) is 6.47. The first-order valence-electron chi connectivity index (χ1n) is 6.27. The van der Waals surface area contributed by atoms with Crippen LogP contribution in [0.5, 0.6) is 0 Å². The summed E-state index contributed by atoms with van der Waals surface area (Å²) in [5, 5.41) is 2.96. The first kappa shape index (κ1) is 13.0. The second-order valence-corrected chi connectivity index (χ2v) is 4.50. The third kappa shape index (κ3) is 3.78. The van der Waals surface area contributed by atoms with E-state index in [9.17, 15) is 4.79 Å². The summed E-state index contributed by atoms with van der Waals surface area (Å²) in [6.45, 7) is 6.29. The van der Waals surface area contributed by atoms with Crippen molar-refractivity contribution in [1.82, 2.24) is 15.2 Å². The van der Waals surface area contributed by atoms with Gasteiger partial charge in [0.15, 0.2) is 0 Å². The monoisotopic (exact) mass is 249 g/mol. The topological polar surface area (TPSA) is 54.5 Å². The van der Waals surface area contributed by atoms with Crippen LogP contribution < -0.4 is 5.32 Å². The average Bonchev–Trinajstić information content (AvgIpc) is 2.40. The Labute approximate surface area is 107 Å². The van der Waals surface area contributed by atoms with Gasteiger partial charge >= 0.3 is 0 Å². The van der Waals surface area contributed by atoms with E-state index < -0.39 is 0 Å². The van der Waals surface area contributed by atoms with Gasteiger partial charge in [-0.15, -0.1) is 0 Å². The van der Waals surface area contributed by atoms with Crippen LogP contribution in [0.1, 0.15) is 17.4 Å². The molecule has 0 saturated carbocycles. The quantitative estimate of drug-likeness (QED) is 0.846. The first-order chi connectivity index (χ1) is 8.75. The number of amides is 1. The van der Waals surface area contributed by atoms with Gasteiger partial charge in [-0.25, -0.2) is 0 Å². The molecule has 1 aromatic rings. The van der Waals surface area contributed by atoms with Crippen molar-refractivity contribution in [2.75, 3.05) is 32.8 Å². The SMILES string of the molecule is C[C@@H](CN1CCOCC1)NC(=O)c1ccccn1. The summed E-state index contributed by atoms with van der Waals surface area (Å²) in [7, 11) is 0. The molecule has 98 valence electrons. The van der Waals surface area contributed by atoms with E-state index in [2.05, 4.69) is 15.2 Å². The van der Waals surface area contributed by atoms with Crippen molar-refractivity contribution in [1.29, 1.82) is 0 Å². The molecule has 0 radical (unpaired) electrons. The molecule has 2 rings (SSSR count). The molecule has 1 aliphatic rings. The molecule has 1 aromatic heterocycles. The second-order valence-electron chi connectivity index (χ2n) is 4.50. The summed E-state index contributed by atoms with van der Waals surface area (Å²) in [6, 6.07) is 5.44. The predicted octanol–water partition coefficient (Wildman–Crippen LogP) is 0.532. The van der Waals surface area contributed by atoms with Crippen LogP contribution in [-0.2, 0) is 4.74 Å². The number of rotatable bonds is 4. The van der Waals surface area contributed by atoms with Gasteiger partial charge in [0.1, 0.15) is 5.69 Å². The Bertz CT molecular complexity index is 377. The van der Waals surface area contributed by atoms with Gasteiger partial charge in [-0.05, 0) is 19.1 Å². The van der Waals surface area contributed by atoms with Crippen LogP contribution in [0, 0.1) is 0 Å². The van der Waals surface area contributed by atoms with E-state index in [1.54, 1.807) is 18.3 Å². The molecular formula is C13H19N3O2. The van der Waals surface area contributed by atoms with Gasteiger partial charge in [-0.1, -0.05) is 6.07 Å². The highest BCUT2D eigenvalue weighted by Gasteiger charge is 2.16. The third-order valence-electron chi connectivity index (χ3n) is 2.91. The molecular weight excluding hydrogens is 230 g/mol. The van der Waals surface area contributed by atoms with Crippen molar-refractivity contribution >= 4 is 5.91 Å². The number of nitrogens with zero attached hydrogens (tertiary/aromatic N) is 2. The lowest BCUT2D eigenvalue weighted by Gasteiger charge is -2.29. The molecule has 1 amide bonds. The van der Waals surface area contributed by atoms with Crippen LogP contribution in [0.15, 0.2) is 24.4 Å². The van der Waals surface area contributed by atoms with Gasteiger partial charge in [0.25, 0.3) is 5.91 Å². The predicted molar refractivity (Wildman–Crippen MR) is 68.4 cm³/mol. The van der Waals surface area contributed by atoms with E-state index in [4.69, 9.17) is 4.74 Å². The first-order valence-corrected chi connectivity index (χ1v) is 6.27. The van der Waals surface area contributed by atoms with Gasteiger partial charge in [0.05, 0.1) is 13.2 Å². The Morgan fingerprint density at radius 3 is 2.94 bits per heavy atom. The molecule has 1 aliphatic heterocycles. The van der Waals surface area contributed by atoms with Crippen molar-refractivity contribution in [3.63, 3.8) is 0 Å². The fraction of sp³-hybridized carbons (Fsp3) is 0.538. The molecule has 1 atom stereocenters. The molecule has 5 nitrogen and oxygen atoms in total. The third-order valence-corrected chi connectivity index (χ3v) is 2.91. The maximum Gasteiger partial charge on any atom is 0.270 e. The molecule has 2 heterocycles. The number of pyridine rings is 1. The molecule has 0 spiro atoms. The summed E-state index contributed by atoms with van der Waals surface area (Å²) >= 11 is 0. The number of ether oxygens (including phenoxy) is 1. The number of nitrogens with one attached hydrogen (secondary N) is 1. The van der Waals surface area contributed by atoms with Crippen LogP contribution >= 0.6 is 0 Å². The van der Waals surface area contributed by atoms with Crippen molar-refractivity contribution in [3.8, 4) is 0 Å². The molecule has 5 heteroatoms. The highest BCUT2D eigenvalue weighted by molar-refractivity contribution is 5.92. The van der Waals surface area contributed by atoms with Crippen LogP contribution in [0.2, 0.25) is 0 Å². The summed E-state index contributed by atoms with van der Waals surface area (Å²) < 4.78 is 5.29. The van der Waals surface area contributed by atoms with Crippen molar-refractivity contribution in [2.24, 2.45) is 0 Å². The molecule has 0 aromatic carbocycles. The van der Waals surface area contributed by atoms with Crippen LogP contribution in [-0.4, -0.2) is 54.7 Å². The number of hydrogen-bond donors (Lipinski definition) is 1. The number of aromatic nitrogens is 1. The lowest BCUT2D eigenvalue weighted by molar-refractivity contribution is 0.0342. The lowest BCUT2D eigenvalue weighted by atomic mass is 10.2. The van der Waals surface area contributed by atoms with E-state index in [1.165, 1.54) is 0 Å². The van der Waals surface area contributed by atoms with Gasteiger partial charge in [0.2, 0.25) is 0 Å². The van der Waals surface area contributed by atoms with E-state index >= 15 is 0 Å². The molecule has 18 heavy (non-hydrogen) atoms. The summed E-state index contributed by atoms with van der Waals surface area (Å²) in [5.41, 5.74) is 0.464. The van der Waals surface area contributed by atoms with Crippen LogP contribution in [0.4, 0.5) is 0 Å². The largest absolute Gasteiger partial charge is 0.379 e. The molecule has 0 unspecified atom stereocenters. The zero-order valence-corrected chi connectivity index (χ0v) is 10.6. The number of carbonyl (C=O) groups is 1. The fourth-order valence-corrected chi connectivity index (χ4v) is 2.01. The van der Waals surface area contributed by atoms with E-state index in [-0.39, 0.29) is 11.9 Å². The van der Waals surface area contributed by atoms with Crippen molar-refractivity contribution in [2.45, 2.75) is 13.0 Å². The van der Waals surface area contributed by atoms with Gasteiger partial charge < -0.3 is 10.1 Å². The molecule has 1 N–H and O–H groups in total. The fourth-order valence-electron chi connectivity index (χ4n) is 2.01. The van der Waals surface area contributed by atoms with Gasteiger partial charge in [0, 0.05) is 31.9 Å². The highest BCUT2D eigenvalue weighted by Crippen LogP contribution is 2.00. The lowest BCUT2D eigenvalue weighted by Crippen LogP contribution is -2.46. The Kier molecular flexibility index (Phi) is 4.66. The van der Waals surface area contributed by atoms with Crippen LogP contribution in [0.3, 0.4) is 0 Å². The number of hydrogen-bond acceptors (Lipinski definition) is 4. The van der Waals surface area contributed by atoms with Crippen molar-refractivity contribution < 1.29 is 9.53 Å². The molecule has 1 fully saturated rings. The minimum Gasteiger partial charge on any atom is -0.379 e. The minimum absolute atomic E-state index is 0.109. The van der Waals surface area contributed by atoms with Crippen molar-refractivity contribution in [3.05, 3.63) is 30.1 Å². The normalized spacial score (nSPS) is 18.3. The maximum absolute atomic E-state index is 11.9. The van der Waals surface area contributed by atoms with E-state index in [0.717, 1.165) is 32.8 Å². The summed E-state index contributed by atoms with van der Waals surface area (Å²) in [5.74, 6) is -0.114. The van der Waals surface area contributed by atoms with Gasteiger partial charge in [-0.2, -0.15) is 0 Å².